The highest BCUT2D eigenvalue weighted by molar-refractivity contribution is 14.1. The predicted molar refractivity (Wildman–Crippen MR) is 133 cm³/mol. The van der Waals surface area contributed by atoms with E-state index in [1.165, 1.54) is 6.08 Å². The number of allylic oxidation sites excluding steroid dienone is 1. The molecule has 1 aliphatic rings. The van der Waals surface area contributed by atoms with E-state index in [1.807, 2.05) is 18.2 Å². The summed E-state index contributed by atoms with van der Waals surface area (Å²) in [6, 6.07) is 5.87. The Hall–Kier alpha value is -1.14. The number of hydrogen-bond donors (Lipinski definition) is 0. The topological polar surface area (TPSA) is 39.1 Å². The molecule has 0 radical (unpaired) electrons. The first-order valence-electron chi connectivity index (χ1n) is 11.1. The maximum atomic E-state index is 13.2. The lowest BCUT2D eigenvalue weighted by Gasteiger charge is -2.18. The molecule has 1 aromatic heterocycles. The smallest absolute Gasteiger partial charge is 0.158 e. The van der Waals surface area contributed by atoms with Gasteiger partial charge in [0.05, 0.1) is 6.04 Å². The fourth-order valence-corrected chi connectivity index (χ4v) is 5.65. The summed E-state index contributed by atoms with van der Waals surface area (Å²) in [6.07, 6.45) is 12.4. The Bertz CT molecular complexity index is 919. The van der Waals surface area contributed by atoms with E-state index in [0.717, 1.165) is 70.9 Å². The van der Waals surface area contributed by atoms with Gasteiger partial charge in [0.2, 0.25) is 0 Å². The third-order valence-corrected chi connectivity index (χ3v) is 7.71. The van der Waals surface area contributed by atoms with Crippen molar-refractivity contribution in [2.24, 2.45) is 11.8 Å². The summed E-state index contributed by atoms with van der Waals surface area (Å²) in [4.78, 5) is 24.5. The number of carbonyl (C=O) groups is 2. The van der Waals surface area contributed by atoms with Gasteiger partial charge in [-0.3, -0.25) is 9.59 Å². The normalized spacial score (nSPS) is 20.0. The van der Waals surface area contributed by atoms with Crippen molar-refractivity contribution >= 4 is 56.7 Å². The van der Waals surface area contributed by atoms with E-state index in [4.69, 9.17) is 11.6 Å². The van der Waals surface area contributed by atoms with Crippen LogP contribution < -0.4 is 0 Å². The van der Waals surface area contributed by atoms with E-state index >= 15 is 0 Å². The molecule has 2 unspecified atom stereocenters. The number of rotatable bonds is 11. The Morgan fingerprint density at radius 2 is 2.13 bits per heavy atom. The molecule has 1 aromatic carbocycles. The zero-order valence-corrected chi connectivity index (χ0v) is 20.6. The summed E-state index contributed by atoms with van der Waals surface area (Å²) in [5.74, 6) is 1.35. The monoisotopic (exact) mass is 539 g/mol. The van der Waals surface area contributed by atoms with Crippen LogP contribution in [0.2, 0.25) is 5.02 Å². The predicted octanol–water partition coefficient (Wildman–Crippen LogP) is 7.54. The molecule has 3 atom stereocenters. The fraction of sp³-hybridized carbons (Fsp3) is 0.520. The molecule has 0 amide bonds. The Balaban J connectivity index is 1.55. The van der Waals surface area contributed by atoms with Gasteiger partial charge in [-0.1, -0.05) is 44.4 Å². The molecule has 5 heteroatoms. The molecule has 162 valence electrons. The number of benzene rings is 1. The second kappa shape index (κ2) is 10.9. The molecule has 0 N–H and O–H groups in total. The summed E-state index contributed by atoms with van der Waals surface area (Å²) in [7, 11) is 0. The van der Waals surface area contributed by atoms with Crippen LogP contribution in [0.25, 0.3) is 10.9 Å². The van der Waals surface area contributed by atoms with Gasteiger partial charge < -0.3 is 4.57 Å². The molecule has 2 aromatic rings. The van der Waals surface area contributed by atoms with E-state index in [1.54, 1.807) is 0 Å². The van der Waals surface area contributed by atoms with Crippen LogP contribution in [0.1, 0.15) is 70.8 Å². The Labute approximate surface area is 198 Å². The molecule has 3 rings (SSSR count). The van der Waals surface area contributed by atoms with Gasteiger partial charge in [0.1, 0.15) is 0 Å². The SMILES string of the molecule is C=CC(=O)CCCCC(CC)CC[C@H]1CCC(n2cc(I)c3cc(Cl)ccc32)C1=O. The van der Waals surface area contributed by atoms with Crippen molar-refractivity contribution in [3.63, 3.8) is 0 Å². The van der Waals surface area contributed by atoms with Crippen molar-refractivity contribution < 1.29 is 9.59 Å². The fourth-order valence-electron chi connectivity index (χ4n) is 4.75. The number of ketones is 2. The summed E-state index contributed by atoms with van der Waals surface area (Å²) >= 11 is 8.49. The largest absolute Gasteiger partial charge is 0.336 e. The average molecular weight is 540 g/mol. The van der Waals surface area contributed by atoms with Gasteiger partial charge in [0.25, 0.3) is 0 Å². The second-order valence-electron chi connectivity index (χ2n) is 8.51. The van der Waals surface area contributed by atoms with Crippen LogP contribution in [-0.2, 0) is 9.59 Å². The molecule has 0 saturated heterocycles. The van der Waals surface area contributed by atoms with E-state index in [0.29, 0.717) is 18.1 Å². The molecule has 1 saturated carbocycles. The lowest BCUT2D eigenvalue weighted by molar-refractivity contribution is -0.123. The first kappa shape index (κ1) is 23.5. The number of hydrogen-bond acceptors (Lipinski definition) is 2. The quantitative estimate of drug-likeness (QED) is 0.168. The third kappa shape index (κ3) is 5.56. The molecule has 30 heavy (non-hydrogen) atoms. The number of aromatic nitrogens is 1. The van der Waals surface area contributed by atoms with Gasteiger partial charge in [0, 0.05) is 38.0 Å². The van der Waals surface area contributed by atoms with Crippen molar-refractivity contribution in [1.82, 2.24) is 4.57 Å². The zero-order chi connectivity index (χ0) is 21.7. The van der Waals surface area contributed by atoms with E-state index in [2.05, 4.69) is 46.9 Å². The van der Waals surface area contributed by atoms with E-state index in [-0.39, 0.29) is 17.7 Å². The van der Waals surface area contributed by atoms with Crippen LogP contribution in [0, 0.1) is 15.4 Å². The Morgan fingerprint density at radius 3 is 2.87 bits per heavy atom. The van der Waals surface area contributed by atoms with Gasteiger partial charge in [0.15, 0.2) is 11.6 Å². The highest BCUT2D eigenvalue weighted by Gasteiger charge is 2.35. The highest BCUT2D eigenvalue weighted by atomic mass is 127. The van der Waals surface area contributed by atoms with Crippen molar-refractivity contribution in [1.29, 1.82) is 0 Å². The molecule has 0 bridgehead atoms. The van der Waals surface area contributed by atoms with Gasteiger partial charge >= 0.3 is 0 Å². The maximum absolute atomic E-state index is 13.2. The van der Waals surface area contributed by atoms with Crippen molar-refractivity contribution in [3.05, 3.63) is 45.6 Å². The minimum absolute atomic E-state index is 0.0489. The van der Waals surface area contributed by atoms with Crippen LogP contribution in [0.4, 0.5) is 0 Å². The second-order valence-corrected chi connectivity index (χ2v) is 10.1. The zero-order valence-electron chi connectivity index (χ0n) is 17.7. The summed E-state index contributed by atoms with van der Waals surface area (Å²) in [5, 5.41) is 1.86. The van der Waals surface area contributed by atoms with Crippen molar-refractivity contribution in [2.45, 2.75) is 70.8 Å². The number of carbonyl (C=O) groups excluding carboxylic acids is 2. The first-order chi connectivity index (χ1) is 14.4. The van der Waals surface area contributed by atoms with Crippen molar-refractivity contribution in [2.75, 3.05) is 0 Å². The molecular formula is C25H31ClINO2. The lowest BCUT2D eigenvalue weighted by Crippen LogP contribution is -2.18. The maximum Gasteiger partial charge on any atom is 0.158 e. The molecule has 0 spiro atoms. The van der Waals surface area contributed by atoms with Crippen LogP contribution in [0.3, 0.4) is 0 Å². The van der Waals surface area contributed by atoms with Gasteiger partial charge in [-0.25, -0.2) is 0 Å². The molecular weight excluding hydrogens is 509 g/mol. The highest BCUT2D eigenvalue weighted by Crippen LogP contribution is 2.38. The first-order valence-corrected chi connectivity index (χ1v) is 12.5. The number of fused-ring (bicyclic) bond motifs is 1. The third-order valence-electron chi connectivity index (χ3n) is 6.62. The standard InChI is InChI=1S/C25H31ClINO2/c1-3-17(7-5-6-8-20(29)4-2)9-10-18-11-13-24(25(18)30)28-16-22(27)21-15-19(26)12-14-23(21)28/h4,12,14-18,24H,2-3,5-11,13H2,1H3/t17?,18-,24?/m0/s1. The number of unbranched alkanes of at least 4 members (excludes halogenated alkanes) is 1. The molecule has 3 nitrogen and oxygen atoms in total. The van der Waals surface area contributed by atoms with Gasteiger partial charge in [-0.15, -0.1) is 0 Å². The summed E-state index contributed by atoms with van der Waals surface area (Å²) in [6.45, 7) is 5.77. The lowest BCUT2D eigenvalue weighted by atomic mass is 9.89. The van der Waals surface area contributed by atoms with Crippen molar-refractivity contribution in [3.8, 4) is 0 Å². The number of nitrogens with zero attached hydrogens (tertiary/aromatic N) is 1. The summed E-state index contributed by atoms with van der Waals surface area (Å²) in [5.41, 5.74) is 1.10. The van der Waals surface area contributed by atoms with E-state index < -0.39 is 0 Å². The number of Topliss-reactive ketones (excluding diaryl/α,β-unsaturated/α-hetero) is 1. The van der Waals surface area contributed by atoms with E-state index in [9.17, 15) is 9.59 Å². The molecule has 0 aliphatic heterocycles. The van der Waals surface area contributed by atoms with Crippen LogP contribution in [-0.4, -0.2) is 16.1 Å². The number of halogens is 2. The minimum atomic E-state index is -0.0489. The minimum Gasteiger partial charge on any atom is -0.336 e. The van der Waals surface area contributed by atoms with Crippen LogP contribution >= 0.6 is 34.2 Å². The van der Waals surface area contributed by atoms with Gasteiger partial charge in [-0.2, -0.15) is 0 Å². The van der Waals surface area contributed by atoms with Gasteiger partial charge in [-0.05, 0) is 84.9 Å². The molecule has 1 heterocycles. The molecule has 1 aliphatic carbocycles. The Kier molecular flexibility index (Phi) is 8.58. The Morgan fingerprint density at radius 1 is 1.33 bits per heavy atom. The van der Waals surface area contributed by atoms with Crippen LogP contribution in [0.15, 0.2) is 37.1 Å². The summed E-state index contributed by atoms with van der Waals surface area (Å²) < 4.78 is 3.31. The molecule has 1 fully saturated rings. The average Bonchev–Trinajstić information content (AvgIpc) is 3.26. The van der Waals surface area contributed by atoms with Crippen LogP contribution in [0.5, 0.6) is 0 Å².